The number of carbonyl (C=O) groups is 1. The lowest BCUT2D eigenvalue weighted by molar-refractivity contribution is -0.310. The van der Waals surface area contributed by atoms with Gasteiger partial charge in [0.1, 0.15) is 30.5 Å². The predicted molar refractivity (Wildman–Crippen MR) is 88.1 cm³/mol. The Morgan fingerprint density at radius 1 is 1.15 bits per heavy atom. The first-order chi connectivity index (χ1) is 12.4. The van der Waals surface area contributed by atoms with Crippen LogP contribution >= 0.6 is 0 Å². The Balaban J connectivity index is 1.55. The van der Waals surface area contributed by atoms with Gasteiger partial charge in [-0.25, -0.2) is 4.79 Å². The summed E-state index contributed by atoms with van der Waals surface area (Å²) in [5.41, 5.74) is 1.41. The lowest BCUT2D eigenvalue weighted by Gasteiger charge is -2.40. The van der Waals surface area contributed by atoms with Gasteiger partial charge in [0.25, 0.3) is 0 Å². The van der Waals surface area contributed by atoms with Gasteiger partial charge < -0.3 is 34.6 Å². The van der Waals surface area contributed by atoms with Crippen molar-refractivity contribution in [2.24, 2.45) is 0 Å². The number of esters is 1. The molecule has 0 radical (unpaired) electrons. The number of rotatable bonds is 6. The van der Waals surface area contributed by atoms with E-state index in [9.17, 15) is 25.2 Å². The molecular formula is C18H24O8. The number of aliphatic hydroxyl groups is 4. The minimum absolute atomic E-state index is 0.340. The molecule has 1 aromatic rings. The van der Waals surface area contributed by atoms with Gasteiger partial charge in [0.05, 0.1) is 18.3 Å². The fourth-order valence-corrected chi connectivity index (χ4v) is 3.30. The average Bonchev–Trinajstić information content (AvgIpc) is 2.97. The molecule has 0 amide bonds. The Bertz CT molecular complexity index is 633. The third-order valence-electron chi connectivity index (χ3n) is 4.83. The van der Waals surface area contributed by atoms with Crippen molar-refractivity contribution in [1.82, 2.24) is 0 Å². The van der Waals surface area contributed by atoms with Crippen LogP contribution in [-0.4, -0.2) is 69.8 Å². The molecule has 8 nitrogen and oxygen atoms in total. The van der Waals surface area contributed by atoms with Gasteiger partial charge in [-0.3, -0.25) is 0 Å². The van der Waals surface area contributed by atoms with E-state index in [0.717, 1.165) is 5.56 Å². The van der Waals surface area contributed by atoms with E-state index in [0.29, 0.717) is 18.4 Å². The standard InChI is InChI=1S/C18H24O8/c1-9(24-18-16(22)15(21)14(20)13(8-19)26-18)6-7-12-10-4-2-3-5-11(10)17(23)25-12/h2-5,9,12-16,18-22H,6-8H2,1H3/t9-,12?,13+,14+,15-,16+,18+/m0/s1. The molecule has 2 aliphatic rings. The fraction of sp³-hybridized carbons (Fsp3) is 0.611. The van der Waals surface area contributed by atoms with Gasteiger partial charge >= 0.3 is 5.97 Å². The molecule has 4 N–H and O–H groups in total. The molecule has 2 aliphatic heterocycles. The highest BCUT2D eigenvalue weighted by Gasteiger charge is 2.44. The number of cyclic esters (lactones) is 1. The number of aliphatic hydroxyl groups excluding tert-OH is 4. The summed E-state index contributed by atoms with van der Waals surface area (Å²) in [5, 5.41) is 38.8. The molecule has 1 aromatic carbocycles. The topological polar surface area (TPSA) is 126 Å². The predicted octanol–water partition coefficient (Wildman–Crippen LogP) is -0.117. The first kappa shape index (κ1) is 19.2. The second-order valence-electron chi connectivity index (χ2n) is 6.70. The summed E-state index contributed by atoms with van der Waals surface area (Å²) in [6.07, 6.45) is -6.17. The molecule has 1 fully saturated rings. The largest absolute Gasteiger partial charge is 0.454 e. The molecule has 144 valence electrons. The molecule has 1 unspecified atom stereocenters. The van der Waals surface area contributed by atoms with Crippen molar-refractivity contribution >= 4 is 5.97 Å². The van der Waals surface area contributed by atoms with Crippen LogP contribution in [-0.2, 0) is 14.2 Å². The van der Waals surface area contributed by atoms with Crippen molar-refractivity contribution < 1.29 is 39.4 Å². The molecule has 8 heteroatoms. The zero-order chi connectivity index (χ0) is 18.8. The summed E-state index contributed by atoms with van der Waals surface area (Å²) in [4.78, 5) is 11.8. The summed E-state index contributed by atoms with van der Waals surface area (Å²) in [6, 6.07) is 7.22. The zero-order valence-electron chi connectivity index (χ0n) is 14.4. The SMILES string of the molecule is C[C@@H](CCC1OC(=O)c2ccccc21)O[C@@H]1O[C@H](CO)[C@@H](O)[C@H](O)[C@H]1O. The second-order valence-corrected chi connectivity index (χ2v) is 6.70. The summed E-state index contributed by atoms with van der Waals surface area (Å²) < 4.78 is 16.3. The van der Waals surface area contributed by atoms with E-state index >= 15 is 0 Å². The van der Waals surface area contributed by atoms with Gasteiger partial charge in [-0.05, 0) is 25.8 Å². The van der Waals surface area contributed by atoms with Gasteiger partial charge in [0.15, 0.2) is 6.29 Å². The Morgan fingerprint density at radius 3 is 2.62 bits per heavy atom. The summed E-state index contributed by atoms with van der Waals surface area (Å²) in [5.74, 6) is -0.340. The third kappa shape index (κ3) is 3.75. The van der Waals surface area contributed by atoms with Crippen LogP contribution in [0.1, 0.15) is 41.8 Å². The Labute approximate surface area is 150 Å². The Morgan fingerprint density at radius 2 is 1.88 bits per heavy atom. The van der Waals surface area contributed by atoms with Crippen molar-refractivity contribution in [1.29, 1.82) is 0 Å². The number of ether oxygens (including phenoxy) is 3. The molecule has 1 saturated heterocycles. The van der Waals surface area contributed by atoms with E-state index in [1.165, 1.54) is 0 Å². The van der Waals surface area contributed by atoms with E-state index in [1.54, 1.807) is 19.1 Å². The second kappa shape index (κ2) is 7.99. The first-order valence-electron chi connectivity index (χ1n) is 8.68. The maximum Gasteiger partial charge on any atom is 0.339 e. The third-order valence-corrected chi connectivity index (χ3v) is 4.83. The number of benzene rings is 1. The fourth-order valence-electron chi connectivity index (χ4n) is 3.30. The monoisotopic (exact) mass is 368 g/mol. The van der Waals surface area contributed by atoms with Gasteiger partial charge in [0, 0.05) is 5.56 Å². The summed E-state index contributed by atoms with van der Waals surface area (Å²) in [7, 11) is 0. The van der Waals surface area contributed by atoms with E-state index in [4.69, 9.17) is 14.2 Å². The van der Waals surface area contributed by atoms with Gasteiger partial charge in [-0.1, -0.05) is 18.2 Å². The van der Waals surface area contributed by atoms with E-state index in [1.807, 2.05) is 12.1 Å². The molecule has 7 atom stereocenters. The van der Waals surface area contributed by atoms with Crippen molar-refractivity contribution in [3.63, 3.8) is 0 Å². The van der Waals surface area contributed by atoms with Crippen molar-refractivity contribution in [2.75, 3.05) is 6.61 Å². The highest BCUT2D eigenvalue weighted by atomic mass is 16.7. The number of fused-ring (bicyclic) bond motifs is 1. The Hall–Kier alpha value is -1.55. The number of hydrogen-bond donors (Lipinski definition) is 4. The highest BCUT2D eigenvalue weighted by molar-refractivity contribution is 5.93. The van der Waals surface area contributed by atoms with Crippen LogP contribution < -0.4 is 0 Å². The van der Waals surface area contributed by atoms with Crippen molar-refractivity contribution in [3.8, 4) is 0 Å². The summed E-state index contributed by atoms with van der Waals surface area (Å²) >= 11 is 0. The van der Waals surface area contributed by atoms with Crippen LogP contribution in [0.25, 0.3) is 0 Å². The maximum atomic E-state index is 11.8. The molecule has 0 aliphatic carbocycles. The molecular weight excluding hydrogens is 344 g/mol. The molecule has 0 saturated carbocycles. The zero-order valence-corrected chi connectivity index (χ0v) is 14.4. The smallest absolute Gasteiger partial charge is 0.339 e. The van der Waals surface area contributed by atoms with Crippen LogP contribution in [0.2, 0.25) is 0 Å². The van der Waals surface area contributed by atoms with Crippen LogP contribution in [0.5, 0.6) is 0 Å². The quantitative estimate of drug-likeness (QED) is 0.512. The van der Waals surface area contributed by atoms with Crippen molar-refractivity contribution in [3.05, 3.63) is 35.4 Å². The average molecular weight is 368 g/mol. The lowest BCUT2D eigenvalue weighted by Crippen LogP contribution is -2.59. The molecule has 0 bridgehead atoms. The maximum absolute atomic E-state index is 11.8. The molecule has 0 spiro atoms. The van der Waals surface area contributed by atoms with Crippen molar-refractivity contribution in [2.45, 2.75) is 62.7 Å². The Kier molecular flexibility index (Phi) is 5.91. The van der Waals surface area contributed by atoms with E-state index in [2.05, 4.69) is 0 Å². The van der Waals surface area contributed by atoms with E-state index in [-0.39, 0.29) is 18.2 Å². The van der Waals surface area contributed by atoms with Crippen LogP contribution in [0.15, 0.2) is 24.3 Å². The number of carbonyl (C=O) groups excluding carboxylic acids is 1. The summed E-state index contributed by atoms with van der Waals surface area (Å²) in [6.45, 7) is 1.26. The van der Waals surface area contributed by atoms with E-state index < -0.39 is 37.3 Å². The van der Waals surface area contributed by atoms with Crippen LogP contribution in [0, 0.1) is 0 Å². The molecule has 3 rings (SSSR count). The lowest BCUT2D eigenvalue weighted by atomic mass is 9.99. The molecule has 0 aromatic heterocycles. The molecule has 2 heterocycles. The van der Waals surface area contributed by atoms with Crippen LogP contribution in [0.4, 0.5) is 0 Å². The highest BCUT2D eigenvalue weighted by Crippen LogP contribution is 2.34. The van der Waals surface area contributed by atoms with Gasteiger partial charge in [-0.15, -0.1) is 0 Å². The minimum Gasteiger partial charge on any atom is -0.454 e. The minimum atomic E-state index is -1.47. The van der Waals surface area contributed by atoms with Gasteiger partial charge in [0.2, 0.25) is 0 Å². The van der Waals surface area contributed by atoms with Gasteiger partial charge in [-0.2, -0.15) is 0 Å². The molecule has 26 heavy (non-hydrogen) atoms. The first-order valence-corrected chi connectivity index (χ1v) is 8.68. The van der Waals surface area contributed by atoms with Crippen LogP contribution in [0.3, 0.4) is 0 Å². The number of hydrogen-bond acceptors (Lipinski definition) is 8. The normalized spacial score (nSPS) is 35.0.